The van der Waals surface area contributed by atoms with Crippen molar-refractivity contribution in [1.29, 1.82) is 0 Å². The molecule has 1 saturated heterocycles. The second-order valence-electron chi connectivity index (χ2n) is 8.27. The Labute approximate surface area is 193 Å². The van der Waals surface area contributed by atoms with Gasteiger partial charge in [0, 0.05) is 31.7 Å². The van der Waals surface area contributed by atoms with Crippen molar-refractivity contribution >= 4 is 22.5 Å². The number of piperazine rings is 1. The van der Waals surface area contributed by atoms with Crippen molar-refractivity contribution in [3.63, 3.8) is 0 Å². The Bertz CT molecular complexity index is 1240. The molecule has 6 nitrogen and oxygen atoms in total. The molecule has 0 N–H and O–H groups in total. The minimum Gasteiger partial charge on any atom is -0.484 e. The summed E-state index contributed by atoms with van der Waals surface area (Å²) in [7, 11) is 0. The van der Waals surface area contributed by atoms with Crippen LogP contribution in [0.5, 0.6) is 5.75 Å². The summed E-state index contributed by atoms with van der Waals surface area (Å²) in [5.74, 6) is 1.56. The number of nitrogens with zero attached hydrogens (tertiary/aromatic N) is 4. The Morgan fingerprint density at radius 3 is 2.36 bits per heavy atom. The molecule has 0 radical (unpaired) electrons. The van der Waals surface area contributed by atoms with E-state index >= 15 is 0 Å². The van der Waals surface area contributed by atoms with Gasteiger partial charge in [-0.05, 0) is 42.0 Å². The van der Waals surface area contributed by atoms with Gasteiger partial charge in [0.05, 0.1) is 5.69 Å². The molecule has 0 unspecified atom stereocenters. The molecule has 166 valence electrons. The zero-order chi connectivity index (χ0) is 22.6. The highest BCUT2D eigenvalue weighted by Gasteiger charge is 2.22. The molecule has 3 aromatic carbocycles. The van der Waals surface area contributed by atoms with E-state index in [9.17, 15) is 4.79 Å². The largest absolute Gasteiger partial charge is 0.484 e. The van der Waals surface area contributed by atoms with Crippen LogP contribution >= 0.6 is 0 Å². The monoisotopic (exact) mass is 438 g/mol. The van der Waals surface area contributed by atoms with E-state index in [1.165, 1.54) is 10.8 Å². The Hall–Kier alpha value is -3.93. The molecule has 6 heteroatoms. The lowest BCUT2D eigenvalue weighted by atomic mass is 10.0. The number of aromatic nitrogens is 2. The van der Waals surface area contributed by atoms with Gasteiger partial charge >= 0.3 is 0 Å². The summed E-state index contributed by atoms with van der Waals surface area (Å²) in [5.41, 5.74) is 3.10. The van der Waals surface area contributed by atoms with Gasteiger partial charge < -0.3 is 14.5 Å². The number of carbonyl (C=O) groups is 1. The fourth-order valence-electron chi connectivity index (χ4n) is 4.14. The normalized spacial score (nSPS) is 13.8. The summed E-state index contributed by atoms with van der Waals surface area (Å²) < 4.78 is 5.65. The maximum Gasteiger partial charge on any atom is 0.260 e. The minimum absolute atomic E-state index is 0.00705. The van der Waals surface area contributed by atoms with Crippen molar-refractivity contribution in [1.82, 2.24) is 15.1 Å². The van der Waals surface area contributed by atoms with Crippen molar-refractivity contribution in [3.8, 4) is 17.0 Å². The van der Waals surface area contributed by atoms with Crippen LogP contribution in [0.15, 0.2) is 78.9 Å². The van der Waals surface area contributed by atoms with Crippen LogP contribution in [0.4, 0.5) is 5.82 Å². The van der Waals surface area contributed by atoms with Gasteiger partial charge in [0.1, 0.15) is 5.75 Å². The Balaban J connectivity index is 1.19. The summed E-state index contributed by atoms with van der Waals surface area (Å²) in [5, 5.41) is 11.3. The van der Waals surface area contributed by atoms with Crippen molar-refractivity contribution in [3.05, 3.63) is 84.4 Å². The lowest BCUT2D eigenvalue weighted by Gasteiger charge is -2.35. The first-order valence-corrected chi connectivity index (χ1v) is 11.2. The van der Waals surface area contributed by atoms with E-state index < -0.39 is 0 Å². The standard InChI is InChI=1S/C27H26N4O2/c1-20-9-11-22(12-10-20)33-19-27(32)31-17-15-30(16-18-31)26-14-13-25(28-29-26)24-8-4-6-21-5-2-3-7-23(21)24/h2-14H,15-19H2,1H3. The number of carbonyl (C=O) groups excluding carboxylic acids is 1. The van der Waals surface area contributed by atoms with E-state index in [1.54, 1.807) is 0 Å². The summed E-state index contributed by atoms with van der Waals surface area (Å²) in [4.78, 5) is 16.6. The molecule has 0 spiro atoms. The van der Waals surface area contributed by atoms with E-state index in [-0.39, 0.29) is 12.5 Å². The number of aryl methyl sites for hydroxylation is 1. The molecule has 5 rings (SSSR count). The number of hydrogen-bond acceptors (Lipinski definition) is 5. The number of anilines is 1. The molecular weight excluding hydrogens is 412 g/mol. The van der Waals surface area contributed by atoms with Crippen molar-refractivity contribution in [2.45, 2.75) is 6.92 Å². The van der Waals surface area contributed by atoms with Gasteiger partial charge in [-0.1, -0.05) is 60.2 Å². The van der Waals surface area contributed by atoms with Crippen LogP contribution in [-0.2, 0) is 4.79 Å². The van der Waals surface area contributed by atoms with Crippen molar-refractivity contribution in [2.75, 3.05) is 37.7 Å². The van der Waals surface area contributed by atoms with E-state index in [4.69, 9.17) is 4.74 Å². The van der Waals surface area contributed by atoms with Gasteiger partial charge in [-0.25, -0.2) is 0 Å². The SMILES string of the molecule is Cc1ccc(OCC(=O)N2CCN(c3ccc(-c4cccc5ccccc45)nn3)CC2)cc1. The fourth-order valence-corrected chi connectivity index (χ4v) is 4.14. The lowest BCUT2D eigenvalue weighted by molar-refractivity contribution is -0.133. The van der Waals surface area contributed by atoms with Gasteiger partial charge in [0.25, 0.3) is 5.91 Å². The third-order valence-electron chi connectivity index (χ3n) is 6.06. The average molecular weight is 439 g/mol. The van der Waals surface area contributed by atoms with Gasteiger partial charge in [-0.15, -0.1) is 10.2 Å². The average Bonchev–Trinajstić information content (AvgIpc) is 2.88. The second-order valence-corrected chi connectivity index (χ2v) is 8.27. The quantitative estimate of drug-likeness (QED) is 0.464. The molecule has 1 aliphatic rings. The molecule has 4 aromatic rings. The van der Waals surface area contributed by atoms with Gasteiger partial charge in [0.2, 0.25) is 0 Å². The molecule has 0 bridgehead atoms. The maximum atomic E-state index is 12.5. The predicted octanol–water partition coefficient (Wildman–Crippen LogP) is 4.33. The van der Waals surface area contributed by atoms with Crippen LogP contribution < -0.4 is 9.64 Å². The van der Waals surface area contributed by atoms with Crippen molar-refractivity contribution in [2.24, 2.45) is 0 Å². The third kappa shape index (κ3) is 4.65. The highest BCUT2D eigenvalue weighted by Crippen LogP contribution is 2.27. The predicted molar refractivity (Wildman–Crippen MR) is 130 cm³/mol. The molecule has 0 saturated carbocycles. The number of ether oxygens (including phenoxy) is 1. The van der Waals surface area contributed by atoms with Crippen LogP contribution in [0.25, 0.3) is 22.0 Å². The van der Waals surface area contributed by atoms with Gasteiger partial charge in [-0.3, -0.25) is 4.79 Å². The van der Waals surface area contributed by atoms with Crippen LogP contribution in [0.1, 0.15) is 5.56 Å². The van der Waals surface area contributed by atoms with Crippen LogP contribution in [0.2, 0.25) is 0 Å². The third-order valence-corrected chi connectivity index (χ3v) is 6.06. The second kappa shape index (κ2) is 9.28. The Morgan fingerprint density at radius 2 is 1.61 bits per heavy atom. The topological polar surface area (TPSA) is 58.6 Å². The first-order valence-electron chi connectivity index (χ1n) is 11.2. The van der Waals surface area contributed by atoms with Crippen LogP contribution in [0.3, 0.4) is 0 Å². The van der Waals surface area contributed by atoms with E-state index in [1.807, 2.05) is 66.4 Å². The van der Waals surface area contributed by atoms with Crippen LogP contribution in [0, 0.1) is 6.92 Å². The van der Waals surface area contributed by atoms with E-state index in [0.717, 1.165) is 35.7 Å². The molecule has 0 aliphatic carbocycles. The van der Waals surface area contributed by atoms with E-state index in [0.29, 0.717) is 18.8 Å². The zero-order valence-electron chi connectivity index (χ0n) is 18.6. The molecule has 1 amide bonds. The zero-order valence-corrected chi connectivity index (χ0v) is 18.6. The number of fused-ring (bicyclic) bond motifs is 1. The summed E-state index contributed by atoms with van der Waals surface area (Å²) in [6.07, 6.45) is 0. The lowest BCUT2D eigenvalue weighted by Crippen LogP contribution is -2.50. The van der Waals surface area contributed by atoms with Gasteiger partial charge in [0.15, 0.2) is 12.4 Å². The first kappa shape index (κ1) is 20.9. The molecule has 2 heterocycles. The molecular formula is C27H26N4O2. The summed E-state index contributed by atoms with van der Waals surface area (Å²) >= 11 is 0. The number of benzene rings is 3. The molecule has 1 aliphatic heterocycles. The van der Waals surface area contributed by atoms with Crippen LogP contribution in [-0.4, -0.2) is 53.8 Å². The molecule has 0 atom stereocenters. The minimum atomic E-state index is 0.00705. The highest BCUT2D eigenvalue weighted by molar-refractivity contribution is 5.95. The Kier molecular flexibility index (Phi) is 5.89. The maximum absolute atomic E-state index is 12.5. The van der Waals surface area contributed by atoms with E-state index in [2.05, 4.69) is 39.4 Å². The first-order chi connectivity index (χ1) is 16.2. The molecule has 33 heavy (non-hydrogen) atoms. The summed E-state index contributed by atoms with van der Waals surface area (Å²) in [6.45, 7) is 4.81. The molecule has 1 aromatic heterocycles. The fraction of sp³-hybridized carbons (Fsp3) is 0.222. The Morgan fingerprint density at radius 1 is 0.848 bits per heavy atom. The summed E-state index contributed by atoms with van der Waals surface area (Å²) in [6, 6.07) is 26.3. The highest BCUT2D eigenvalue weighted by atomic mass is 16.5. The smallest absolute Gasteiger partial charge is 0.260 e. The number of hydrogen-bond donors (Lipinski definition) is 0. The number of rotatable bonds is 5. The molecule has 1 fully saturated rings. The van der Waals surface area contributed by atoms with Crippen molar-refractivity contribution < 1.29 is 9.53 Å². The van der Waals surface area contributed by atoms with Gasteiger partial charge in [-0.2, -0.15) is 0 Å². The number of amides is 1.